The number of pyridine rings is 3. The molecule has 0 spiro atoms. The van der Waals surface area contributed by atoms with Gasteiger partial charge >= 0.3 is 0 Å². The molecule has 3 aromatic heterocycles. The van der Waals surface area contributed by atoms with Gasteiger partial charge in [-0.05, 0) is 43.4 Å². The van der Waals surface area contributed by atoms with E-state index in [-0.39, 0.29) is 0 Å². The van der Waals surface area contributed by atoms with E-state index in [9.17, 15) is 0 Å². The van der Waals surface area contributed by atoms with Crippen LogP contribution in [-0.2, 0) is 0 Å². The van der Waals surface area contributed by atoms with Gasteiger partial charge in [0.15, 0.2) is 11.6 Å². The second-order valence-electron chi connectivity index (χ2n) is 6.78. The lowest BCUT2D eigenvalue weighted by molar-refractivity contribution is 0.313. The number of nitrogens with one attached hydrogen (secondary N) is 1. The summed E-state index contributed by atoms with van der Waals surface area (Å²) in [4.78, 5) is 18.3. The Kier molecular flexibility index (Phi) is 5.34. The summed E-state index contributed by atoms with van der Waals surface area (Å²) >= 11 is 0. The quantitative estimate of drug-likeness (QED) is 0.734. The summed E-state index contributed by atoms with van der Waals surface area (Å²) < 4.78 is 5.45. The maximum absolute atomic E-state index is 5.45. The zero-order valence-corrected chi connectivity index (χ0v) is 16.2. The summed E-state index contributed by atoms with van der Waals surface area (Å²) in [6, 6.07) is 13.6. The van der Waals surface area contributed by atoms with Crippen LogP contribution in [0.2, 0.25) is 0 Å². The Hall–Kier alpha value is -3.19. The fourth-order valence-corrected chi connectivity index (χ4v) is 3.19. The zero-order valence-electron chi connectivity index (χ0n) is 16.2. The predicted molar refractivity (Wildman–Crippen MR) is 111 cm³/mol. The molecule has 7 nitrogen and oxygen atoms in total. The number of hydrogen-bond donors (Lipinski definition) is 1. The van der Waals surface area contributed by atoms with Crippen molar-refractivity contribution in [2.45, 2.75) is 0 Å². The van der Waals surface area contributed by atoms with E-state index in [1.165, 1.54) is 0 Å². The van der Waals surface area contributed by atoms with Gasteiger partial charge in [-0.1, -0.05) is 6.07 Å². The van der Waals surface area contributed by atoms with Crippen molar-refractivity contribution in [3.8, 4) is 17.1 Å². The molecular weight excluding hydrogens is 352 g/mol. The SMILES string of the molecule is COc1ccc(-c2ccccn2)nc1Nc1ccc(N2CCN(C)CC2)cn1. The highest BCUT2D eigenvalue weighted by Crippen LogP contribution is 2.28. The number of rotatable bonds is 5. The number of anilines is 3. The molecule has 3 aromatic rings. The van der Waals surface area contributed by atoms with Crippen molar-refractivity contribution in [3.05, 3.63) is 54.9 Å². The molecule has 1 N–H and O–H groups in total. The lowest BCUT2D eigenvalue weighted by atomic mass is 10.2. The van der Waals surface area contributed by atoms with Crippen LogP contribution in [0.5, 0.6) is 5.75 Å². The van der Waals surface area contributed by atoms with Gasteiger partial charge in [0.25, 0.3) is 0 Å². The largest absolute Gasteiger partial charge is 0.493 e. The van der Waals surface area contributed by atoms with E-state index >= 15 is 0 Å². The highest BCUT2D eigenvalue weighted by atomic mass is 16.5. The van der Waals surface area contributed by atoms with E-state index in [0.29, 0.717) is 11.6 Å². The van der Waals surface area contributed by atoms with Crippen molar-refractivity contribution in [1.82, 2.24) is 19.9 Å². The topological polar surface area (TPSA) is 66.4 Å². The monoisotopic (exact) mass is 376 g/mol. The molecule has 0 amide bonds. The molecule has 1 saturated heterocycles. The van der Waals surface area contributed by atoms with Gasteiger partial charge in [0.2, 0.25) is 0 Å². The van der Waals surface area contributed by atoms with E-state index in [4.69, 9.17) is 4.74 Å². The molecule has 1 fully saturated rings. The zero-order chi connectivity index (χ0) is 19.3. The maximum atomic E-state index is 5.45. The number of piperazine rings is 1. The predicted octanol–water partition coefficient (Wildman–Crippen LogP) is 3.04. The van der Waals surface area contributed by atoms with Crippen molar-refractivity contribution in [3.63, 3.8) is 0 Å². The van der Waals surface area contributed by atoms with Gasteiger partial charge in [0.05, 0.1) is 30.4 Å². The number of nitrogens with zero attached hydrogens (tertiary/aromatic N) is 5. The lowest BCUT2D eigenvalue weighted by Gasteiger charge is -2.33. The Morgan fingerprint density at radius 1 is 0.929 bits per heavy atom. The van der Waals surface area contributed by atoms with Gasteiger partial charge in [-0.2, -0.15) is 0 Å². The molecule has 0 saturated carbocycles. The van der Waals surface area contributed by atoms with Gasteiger partial charge in [-0.3, -0.25) is 4.98 Å². The fourth-order valence-electron chi connectivity index (χ4n) is 3.19. The molecule has 0 atom stereocenters. The molecule has 144 valence electrons. The van der Waals surface area contributed by atoms with Crippen molar-refractivity contribution in [2.75, 3.05) is 50.6 Å². The molecule has 0 bridgehead atoms. The summed E-state index contributed by atoms with van der Waals surface area (Å²) in [6.45, 7) is 4.18. The smallest absolute Gasteiger partial charge is 0.175 e. The van der Waals surface area contributed by atoms with E-state index < -0.39 is 0 Å². The van der Waals surface area contributed by atoms with Gasteiger partial charge in [-0.25, -0.2) is 9.97 Å². The minimum absolute atomic E-state index is 0.616. The highest BCUT2D eigenvalue weighted by molar-refractivity contribution is 5.66. The molecule has 0 aliphatic carbocycles. The van der Waals surface area contributed by atoms with Crippen LogP contribution < -0.4 is 15.0 Å². The first-order chi connectivity index (χ1) is 13.7. The third-order valence-corrected chi connectivity index (χ3v) is 4.87. The highest BCUT2D eigenvalue weighted by Gasteiger charge is 2.15. The third-order valence-electron chi connectivity index (χ3n) is 4.87. The van der Waals surface area contributed by atoms with Crippen molar-refractivity contribution in [2.24, 2.45) is 0 Å². The minimum Gasteiger partial charge on any atom is -0.493 e. The standard InChI is InChI=1S/C21H24N6O/c1-26-11-13-27(14-12-26)16-6-9-20(23-15-16)25-21-19(28-2)8-7-18(24-21)17-5-3-4-10-22-17/h3-10,15H,11-14H2,1-2H3,(H,23,24,25). The van der Waals surface area contributed by atoms with E-state index in [1.54, 1.807) is 13.3 Å². The first-order valence-electron chi connectivity index (χ1n) is 9.36. The van der Waals surface area contributed by atoms with Crippen LogP contribution in [0.25, 0.3) is 11.4 Å². The van der Waals surface area contributed by atoms with Crippen LogP contribution in [-0.4, -0.2) is 60.2 Å². The first-order valence-corrected chi connectivity index (χ1v) is 9.36. The molecule has 0 aromatic carbocycles. The van der Waals surface area contributed by atoms with Gasteiger partial charge in [-0.15, -0.1) is 0 Å². The average molecular weight is 376 g/mol. The van der Waals surface area contributed by atoms with Crippen LogP contribution in [0.15, 0.2) is 54.9 Å². The number of aromatic nitrogens is 3. The first kappa shape index (κ1) is 18.2. The van der Waals surface area contributed by atoms with E-state index in [0.717, 1.165) is 49.1 Å². The molecule has 4 rings (SSSR count). The number of methoxy groups -OCH3 is 1. The Labute approximate surface area is 165 Å². The van der Waals surface area contributed by atoms with Gasteiger partial charge in [0.1, 0.15) is 5.82 Å². The Bertz CT molecular complexity index is 908. The van der Waals surface area contributed by atoms with Crippen molar-refractivity contribution >= 4 is 17.3 Å². The van der Waals surface area contributed by atoms with Crippen molar-refractivity contribution in [1.29, 1.82) is 0 Å². The number of hydrogen-bond acceptors (Lipinski definition) is 7. The second kappa shape index (κ2) is 8.22. The minimum atomic E-state index is 0.616. The second-order valence-corrected chi connectivity index (χ2v) is 6.78. The summed E-state index contributed by atoms with van der Waals surface area (Å²) in [7, 11) is 3.79. The summed E-state index contributed by atoms with van der Waals surface area (Å²) in [6.07, 6.45) is 3.66. The van der Waals surface area contributed by atoms with Crippen LogP contribution >= 0.6 is 0 Å². The van der Waals surface area contributed by atoms with Crippen molar-refractivity contribution < 1.29 is 4.74 Å². The molecule has 0 radical (unpaired) electrons. The summed E-state index contributed by atoms with van der Waals surface area (Å²) in [5.41, 5.74) is 2.73. The third kappa shape index (κ3) is 4.04. The molecule has 7 heteroatoms. The summed E-state index contributed by atoms with van der Waals surface area (Å²) in [5.74, 6) is 2.00. The maximum Gasteiger partial charge on any atom is 0.175 e. The van der Waals surface area contributed by atoms with Crippen LogP contribution in [0.4, 0.5) is 17.3 Å². The van der Waals surface area contributed by atoms with E-state index in [2.05, 4.69) is 43.2 Å². The van der Waals surface area contributed by atoms with Crippen LogP contribution in [0.3, 0.4) is 0 Å². The fraction of sp³-hybridized carbons (Fsp3) is 0.286. The van der Waals surface area contributed by atoms with Crippen LogP contribution in [0.1, 0.15) is 0 Å². The van der Waals surface area contributed by atoms with Crippen LogP contribution in [0, 0.1) is 0 Å². The molecule has 1 aliphatic rings. The normalized spacial score (nSPS) is 14.7. The average Bonchev–Trinajstić information content (AvgIpc) is 2.75. The Morgan fingerprint density at radius 2 is 1.79 bits per heavy atom. The van der Waals surface area contributed by atoms with E-state index in [1.807, 2.05) is 42.6 Å². The molecule has 28 heavy (non-hydrogen) atoms. The number of likely N-dealkylation sites (N-methyl/N-ethyl adjacent to an activating group) is 1. The molecule has 0 unspecified atom stereocenters. The van der Waals surface area contributed by atoms with Gasteiger partial charge in [0, 0.05) is 32.4 Å². The molecular formula is C21H24N6O. The lowest BCUT2D eigenvalue weighted by Crippen LogP contribution is -2.44. The molecule has 4 heterocycles. The Balaban J connectivity index is 1.53. The summed E-state index contributed by atoms with van der Waals surface area (Å²) in [5, 5.41) is 3.27. The Morgan fingerprint density at radius 3 is 2.46 bits per heavy atom. The van der Waals surface area contributed by atoms with Gasteiger partial charge < -0.3 is 19.9 Å². The molecule has 1 aliphatic heterocycles. The number of ether oxygens (including phenoxy) is 1.